The van der Waals surface area contributed by atoms with Crippen molar-refractivity contribution in [3.8, 4) is 12.3 Å². The first-order valence-electron chi connectivity index (χ1n) is 1.33. The fourth-order valence-corrected chi connectivity index (χ4v) is 0. The Hall–Kier alpha value is 0.494. The number of rotatable bonds is 0. The van der Waals surface area contributed by atoms with Crippen molar-refractivity contribution in [3.05, 3.63) is 6.04 Å². The van der Waals surface area contributed by atoms with Crippen LogP contribution in [0.1, 0.15) is 6.92 Å². The predicted molar refractivity (Wildman–Crippen MR) is 21.9 cm³/mol. The molecule has 0 aromatic rings. The molecule has 0 saturated carbocycles. The van der Waals surface area contributed by atoms with Gasteiger partial charge in [-0.3, -0.25) is 5.92 Å². The molecule has 0 atom stereocenters. The molecule has 2 N–H and O–H groups in total. The summed E-state index contributed by atoms with van der Waals surface area (Å²) in [5.74, 6) is 2.22. The van der Waals surface area contributed by atoms with E-state index >= 15 is 0 Å². The number of hydrogen-bond donors (Lipinski definition) is 1. The zero-order chi connectivity index (χ0) is 4.28. The molecule has 31 valence electrons. The maximum Gasteiger partial charge on any atom is 0 e. The standard InChI is InChI=1S/C4H6N.Y/c1-3-4(2)5;/h1H,5H2,2H3;/q-1;. The van der Waals surface area contributed by atoms with Crippen molar-refractivity contribution in [3.63, 3.8) is 0 Å². The van der Waals surface area contributed by atoms with Gasteiger partial charge in [0.2, 0.25) is 0 Å². The molecule has 0 heterocycles. The van der Waals surface area contributed by atoms with Crippen LogP contribution in [0.15, 0.2) is 0 Å². The Bertz CT molecular complexity index is 53.1. The molecule has 0 spiro atoms. The number of terminal acetylenes is 1. The Morgan fingerprint density at radius 3 is 2.00 bits per heavy atom. The second-order valence-electron chi connectivity index (χ2n) is 0.827. The summed E-state index contributed by atoms with van der Waals surface area (Å²) < 4.78 is 0. The summed E-state index contributed by atoms with van der Waals surface area (Å²) >= 11 is 0. The molecule has 0 aliphatic carbocycles. The summed E-state index contributed by atoms with van der Waals surface area (Å²) in [6.07, 6.45) is 4.76. The van der Waals surface area contributed by atoms with Crippen molar-refractivity contribution in [1.82, 2.24) is 0 Å². The molecule has 0 rings (SSSR count). The molecule has 0 unspecified atom stereocenters. The molecule has 2 heteroatoms. The topological polar surface area (TPSA) is 26.0 Å². The Morgan fingerprint density at radius 2 is 2.00 bits per heavy atom. The minimum absolute atomic E-state index is 0. The van der Waals surface area contributed by atoms with Crippen molar-refractivity contribution < 1.29 is 32.7 Å². The molecule has 0 aromatic heterocycles. The molecule has 0 fully saturated rings. The maximum atomic E-state index is 4.97. The Kier molecular flexibility index (Phi) is 8.89. The molecule has 0 aliphatic heterocycles. The van der Waals surface area contributed by atoms with Gasteiger partial charge in [-0.15, -0.1) is 6.04 Å². The summed E-state index contributed by atoms with van der Waals surface area (Å²) in [6.45, 7) is 1.68. The van der Waals surface area contributed by atoms with Crippen LogP contribution in [-0.4, -0.2) is 0 Å². The minimum Gasteiger partial charge on any atom is -0.377 e. The predicted octanol–water partition coefficient (Wildman–Crippen LogP) is 0.128. The van der Waals surface area contributed by atoms with Gasteiger partial charge < -0.3 is 12.2 Å². The summed E-state index contributed by atoms with van der Waals surface area (Å²) in [5, 5.41) is 0. The molecule has 0 bridgehead atoms. The van der Waals surface area contributed by atoms with Crippen LogP contribution in [0.25, 0.3) is 0 Å². The summed E-state index contributed by atoms with van der Waals surface area (Å²) in [4.78, 5) is 0. The fraction of sp³-hybridized carbons (Fsp3) is 0.250. The average molecular weight is 157 g/mol. The van der Waals surface area contributed by atoms with Gasteiger partial charge in [0, 0.05) is 32.7 Å². The van der Waals surface area contributed by atoms with Crippen LogP contribution >= 0.6 is 0 Å². The van der Waals surface area contributed by atoms with Crippen LogP contribution in [0.2, 0.25) is 0 Å². The zero-order valence-electron chi connectivity index (χ0n) is 3.73. The monoisotopic (exact) mass is 157 g/mol. The van der Waals surface area contributed by atoms with Gasteiger partial charge >= 0.3 is 0 Å². The molecule has 0 aliphatic rings. The van der Waals surface area contributed by atoms with E-state index in [1.807, 2.05) is 0 Å². The van der Waals surface area contributed by atoms with Gasteiger partial charge in [0.05, 0.1) is 0 Å². The first kappa shape index (κ1) is 9.71. The van der Waals surface area contributed by atoms with E-state index in [1.54, 1.807) is 6.92 Å². The molecule has 0 amide bonds. The van der Waals surface area contributed by atoms with Crippen molar-refractivity contribution in [1.29, 1.82) is 0 Å². The molecular weight excluding hydrogens is 151 g/mol. The van der Waals surface area contributed by atoms with Crippen LogP contribution in [-0.2, 0) is 32.7 Å². The SMILES string of the molecule is C#C[C-](C)N.[Y]. The average Bonchev–Trinajstić information content (AvgIpc) is 1.38. The summed E-state index contributed by atoms with van der Waals surface area (Å²) in [5.41, 5.74) is 4.97. The number of nitrogens with two attached hydrogens (primary N) is 1. The molecule has 6 heavy (non-hydrogen) atoms. The molecule has 1 radical (unpaired) electrons. The Labute approximate surface area is 63.6 Å². The van der Waals surface area contributed by atoms with E-state index in [2.05, 4.69) is 5.92 Å². The molecule has 0 saturated heterocycles. The van der Waals surface area contributed by atoms with E-state index in [-0.39, 0.29) is 32.7 Å². The van der Waals surface area contributed by atoms with Crippen molar-refractivity contribution in [2.75, 3.05) is 0 Å². The van der Waals surface area contributed by atoms with Gasteiger partial charge in [-0.25, -0.2) is 0 Å². The first-order chi connectivity index (χ1) is 2.27. The van der Waals surface area contributed by atoms with Crippen LogP contribution < -0.4 is 5.73 Å². The Morgan fingerprint density at radius 1 is 1.83 bits per heavy atom. The van der Waals surface area contributed by atoms with Gasteiger partial charge in [0.25, 0.3) is 0 Å². The van der Waals surface area contributed by atoms with Gasteiger partial charge in [-0.1, -0.05) is 6.92 Å². The second kappa shape index (κ2) is 5.49. The van der Waals surface area contributed by atoms with E-state index in [0.29, 0.717) is 6.04 Å². The zero-order valence-corrected chi connectivity index (χ0v) is 6.57. The van der Waals surface area contributed by atoms with Crippen LogP contribution in [0, 0.1) is 18.4 Å². The van der Waals surface area contributed by atoms with Gasteiger partial charge in [0.15, 0.2) is 0 Å². The second-order valence-corrected chi connectivity index (χ2v) is 0.827. The van der Waals surface area contributed by atoms with E-state index in [4.69, 9.17) is 12.2 Å². The smallest absolute Gasteiger partial charge is 0 e. The van der Waals surface area contributed by atoms with Gasteiger partial charge in [0.1, 0.15) is 0 Å². The third kappa shape index (κ3) is 8.82. The van der Waals surface area contributed by atoms with E-state index in [0.717, 1.165) is 0 Å². The number of hydrogen-bond acceptors (Lipinski definition) is 1. The molecule has 1 nitrogen and oxygen atoms in total. The fourth-order valence-electron chi connectivity index (χ4n) is 0. The summed E-state index contributed by atoms with van der Waals surface area (Å²) in [6, 6.07) is 0.532. The van der Waals surface area contributed by atoms with Crippen LogP contribution in [0.5, 0.6) is 0 Å². The van der Waals surface area contributed by atoms with Crippen LogP contribution in [0.4, 0.5) is 0 Å². The quantitative estimate of drug-likeness (QED) is 0.392. The first-order valence-corrected chi connectivity index (χ1v) is 1.33. The van der Waals surface area contributed by atoms with Crippen molar-refractivity contribution >= 4 is 0 Å². The minimum atomic E-state index is 0. The van der Waals surface area contributed by atoms with E-state index in [9.17, 15) is 0 Å². The van der Waals surface area contributed by atoms with Crippen LogP contribution in [0.3, 0.4) is 0 Å². The molecule has 0 aromatic carbocycles. The summed E-state index contributed by atoms with van der Waals surface area (Å²) in [7, 11) is 0. The largest absolute Gasteiger partial charge is 0.377 e. The van der Waals surface area contributed by atoms with Crippen molar-refractivity contribution in [2.45, 2.75) is 6.92 Å². The molecular formula is C4H6NY-. The van der Waals surface area contributed by atoms with E-state index < -0.39 is 0 Å². The van der Waals surface area contributed by atoms with Gasteiger partial charge in [-0.2, -0.15) is 0 Å². The maximum absolute atomic E-state index is 4.97. The van der Waals surface area contributed by atoms with Gasteiger partial charge in [-0.05, 0) is 0 Å². The third-order valence-electron chi connectivity index (χ3n) is 0.228. The normalized spacial score (nSPS) is 4.83. The third-order valence-corrected chi connectivity index (χ3v) is 0.228. The Balaban J connectivity index is 0. The van der Waals surface area contributed by atoms with Crippen molar-refractivity contribution in [2.24, 2.45) is 5.73 Å². The van der Waals surface area contributed by atoms with E-state index in [1.165, 1.54) is 0 Å².